The van der Waals surface area contributed by atoms with Gasteiger partial charge in [0.2, 0.25) is 0 Å². The van der Waals surface area contributed by atoms with E-state index >= 15 is 0 Å². The van der Waals surface area contributed by atoms with Crippen molar-refractivity contribution in [1.29, 1.82) is 0 Å². The molecule has 4 heteroatoms. The number of hydrazine groups is 1. The van der Waals surface area contributed by atoms with Crippen molar-refractivity contribution < 1.29 is 0 Å². The van der Waals surface area contributed by atoms with Gasteiger partial charge in [-0.1, -0.05) is 13.8 Å². The highest BCUT2D eigenvalue weighted by Gasteiger charge is 2.14. The SMILES string of the molecule is CC(C)C(NN)c1csc(Br)c1. The Morgan fingerprint density at radius 1 is 1.58 bits per heavy atom. The number of hydrogen-bond donors (Lipinski definition) is 2. The topological polar surface area (TPSA) is 38.0 Å². The molecule has 1 rings (SSSR count). The summed E-state index contributed by atoms with van der Waals surface area (Å²) in [5.41, 5.74) is 4.07. The van der Waals surface area contributed by atoms with Gasteiger partial charge in [-0.05, 0) is 38.9 Å². The predicted molar refractivity (Wildman–Crippen MR) is 56.9 cm³/mol. The molecule has 68 valence electrons. The third-order valence-corrected chi connectivity index (χ3v) is 3.32. The van der Waals surface area contributed by atoms with Crippen LogP contribution in [0, 0.1) is 5.92 Å². The molecule has 0 spiro atoms. The average Bonchev–Trinajstić information content (AvgIpc) is 2.37. The third-order valence-electron chi connectivity index (χ3n) is 1.79. The van der Waals surface area contributed by atoms with Gasteiger partial charge in [-0.25, -0.2) is 0 Å². The van der Waals surface area contributed by atoms with Crippen molar-refractivity contribution in [3.63, 3.8) is 0 Å². The Labute approximate surface area is 85.3 Å². The van der Waals surface area contributed by atoms with E-state index in [4.69, 9.17) is 5.84 Å². The molecule has 3 N–H and O–H groups in total. The molecule has 12 heavy (non-hydrogen) atoms. The molecule has 0 amide bonds. The summed E-state index contributed by atoms with van der Waals surface area (Å²) in [4.78, 5) is 0. The molecule has 0 aliphatic carbocycles. The maximum atomic E-state index is 5.45. The van der Waals surface area contributed by atoms with Crippen molar-refractivity contribution in [2.45, 2.75) is 19.9 Å². The van der Waals surface area contributed by atoms with Crippen LogP contribution in [0.2, 0.25) is 0 Å². The van der Waals surface area contributed by atoms with E-state index in [2.05, 4.69) is 46.6 Å². The lowest BCUT2D eigenvalue weighted by atomic mass is 10.00. The summed E-state index contributed by atoms with van der Waals surface area (Å²) >= 11 is 5.12. The van der Waals surface area contributed by atoms with Crippen molar-refractivity contribution in [3.05, 3.63) is 20.8 Å². The minimum atomic E-state index is 0.257. The molecular weight excluding hydrogens is 236 g/mol. The number of nitrogens with one attached hydrogen (secondary N) is 1. The van der Waals surface area contributed by atoms with Crippen LogP contribution in [0.3, 0.4) is 0 Å². The lowest BCUT2D eigenvalue weighted by molar-refractivity contribution is 0.422. The van der Waals surface area contributed by atoms with E-state index in [0.717, 1.165) is 3.79 Å². The zero-order chi connectivity index (χ0) is 9.14. The highest BCUT2D eigenvalue weighted by Crippen LogP contribution is 2.28. The highest BCUT2D eigenvalue weighted by molar-refractivity contribution is 9.11. The second-order valence-corrected chi connectivity index (χ2v) is 5.36. The van der Waals surface area contributed by atoms with Crippen LogP contribution in [0.4, 0.5) is 0 Å². The molecule has 0 aromatic carbocycles. The summed E-state index contributed by atoms with van der Waals surface area (Å²) in [7, 11) is 0. The van der Waals surface area contributed by atoms with Crippen LogP contribution in [0.5, 0.6) is 0 Å². The van der Waals surface area contributed by atoms with E-state index in [1.54, 1.807) is 11.3 Å². The van der Waals surface area contributed by atoms with E-state index < -0.39 is 0 Å². The predicted octanol–water partition coefficient (Wildman–Crippen LogP) is 2.67. The first-order valence-corrected chi connectivity index (χ1v) is 5.52. The van der Waals surface area contributed by atoms with Gasteiger partial charge in [0.1, 0.15) is 0 Å². The van der Waals surface area contributed by atoms with Gasteiger partial charge in [0.05, 0.1) is 3.79 Å². The summed E-state index contributed by atoms with van der Waals surface area (Å²) in [6.07, 6.45) is 0. The number of halogens is 1. The number of hydrogen-bond acceptors (Lipinski definition) is 3. The quantitative estimate of drug-likeness (QED) is 0.638. The van der Waals surface area contributed by atoms with Crippen molar-refractivity contribution >= 4 is 27.3 Å². The maximum Gasteiger partial charge on any atom is 0.0701 e. The van der Waals surface area contributed by atoms with Crippen LogP contribution in [-0.2, 0) is 0 Å². The van der Waals surface area contributed by atoms with Gasteiger partial charge in [-0.15, -0.1) is 11.3 Å². The first-order valence-electron chi connectivity index (χ1n) is 3.85. The lowest BCUT2D eigenvalue weighted by Gasteiger charge is -2.18. The molecule has 0 aliphatic rings. The van der Waals surface area contributed by atoms with Gasteiger partial charge in [0, 0.05) is 6.04 Å². The van der Waals surface area contributed by atoms with Crippen LogP contribution in [0.25, 0.3) is 0 Å². The van der Waals surface area contributed by atoms with Crippen LogP contribution in [0.1, 0.15) is 25.5 Å². The first-order chi connectivity index (χ1) is 5.65. The fraction of sp³-hybridized carbons (Fsp3) is 0.500. The molecule has 0 radical (unpaired) electrons. The van der Waals surface area contributed by atoms with Gasteiger partial charge in [0.15, 0.2) is 0 Å². The van der Waals surface area contributed by atoms with Crippen molar-refractivity contribution in [2.24, 2.45) is 11.8 Å². The zero-order valence-electron chi connectivity index (χ0n) is 7.17. The van der Waals surface area contributed by atoms with E-state index in [1.165, 1.54) is 5.56 Å². The minimum absolute atomic E-state index is 0.257. The Morgan fingerprint density at radius 2 is 2.25 bits per heavy atom. The second kappa shape index (κ2) is 4.37. The Morgan fingerprint density at radius 3 is 2.58 bits per heavy atom. The van der Waals surface area contributed by atoms with Crippen LogP contribution < -0.4 is 11.3 Å². The molecule has 0 bridgehead atoms. The fourth-order valence-corrected chi connectivity index (χ4v) is 2.37. The Bertz CT molecular complexity index is 247. The Balaban J connectivity index is 2.80. The third kappa shape index (κ3) is 2.29. The van der Waals surface area contributed by atoms with Crippen LogP contribution in [0.15, 0.2) is 15.2 Å². The Hall–Kier alpha value is 0.100. The number of thiophene rings is 1. The lowest BCUT2D eigenvalue weighted by Crippen LogP contribution is -2.31. The summed E-state index contributed by atoms with van der Waals surface area (Å²) in [5.74, 6) is 5.96. The minimum Gasteiger partial charge on any atom is -0.271 e. The molecule has 1 aromatic heterocycles. The summed E-state index contributed by atoms with van der Waals surface area (Å²) in [6, 6.07) is 2.36. The molecule has 0 saturated heterocycles. The molecular formula is C8H13BrN2S. The van der Waals surface area contributed by atoms with Gasteiger partial charge in [-0.3, -0.25) is 11.3 Å². The van der Waals surface area contributed by atoms with E-state index in [-0.39, 0.29) is 6.04 Å². The van der Waals surface area contributed by atoms with E-state index in [0.29, 0.717) is 5.92 Å². The maximum absolute atomic E-state index is 5.45. The highest BCUT2D eigenvalue weighted by atomic mass is 79.9. The molecule has 1 aromatic rings. The summed E-state index contributed by atoms with van der Waals surface area (Å²) < 4.78 is 1.15. The molecule has 0 saturated carbocycles. The van der Waals surface area contributed by atoms with Crippen molar-refractivity contribution in [2.75, 3.05) is 0 Å². The largest absolute Gasteiger partial charge is 0.271 e. The van der Waals surface area contributed by atoms with Gasteiger partial charge in [-0.2, -0.15) is 0 Å². The molecule has 1 heterocycles. The summed E-state index contributed by atoms with van der Waals surface area (Å²) in [6.45, 7) is 4.30. The fourth-order valence-electron chi connectivity index (χ4n) is 1.16. The van der Waals surface area contributed by atoms with E-state index in [9.17, 15) is 0 Å². The molecule has 2 nitrogen and oxygen atoms in total. The van der Waals surface area contributed by atoms with Crippen LogP contribution >= 0.6 is 27.3 Å². The van der Waals surface area contributed by atoms with Crippen molar-refractivity contribution in [3.8, 4) is 0 Å². The van der Waals surface area contributed by atoms with E-state index in [1.807, 2.05) is 0 Å². The van der Waals surface area contributed by atoms with Gasteiger partial charge in [0.25, 0.3) is 0 Å². The van der Waals surface area contributed by atoms with Gasteiger partial charge < -0.3 is 0 Å². The molecule has 0 fully saturated rings. The average molecular weight is 249 g/mol. The normalized spacial score (nSPS) is 13.8. The van der Waals surface area contributed by atoms with Crippen LogP contribution in [-0.4, -0.2) is 0 Å². The number of rotatable bonds is 3. The van der Waals surface area contributed by atoms with Crippen molar-refractivity contribution in [1.82, 2.24) is 5.43 Å². The second-order valence-electron chi connectivity index (χ2n) is 3.07. The Kier molecular flexibility index (Phi) is 3.71. The first kappa shape index (κ1) is 10.2. The smallest absolute Gasteiger partial charge is 0.0701 e. The summed E-state index contributed by atoms with van der Waals surface area (Å²) in [5, 5.41) is 2.12. The molecule has 1 atom stereocenters. The molecule has 1 unspecified atom stereocenters. The monoisotopic (exact) mass is 248 g/mol. The molecule has 0 aliphatic heterocycles. The zero-order valence-corrected chi connectivity index (χ0v) is 9.58. The number of nitrogens with two attached hydrogens (primary N) is 1. The van der Waals surface area contributed by atoms with Gasteiger partial charge >= 0.3 is 0 Å². The standard InChI is InChI=1S/C8H13BrN2S/c1-5(2)8(11-10)6-3-7(9)12-4-6/h3-5,8,11H,10H2,1-2H3.